The number of carbonyl (C=O) groups excluding carboxylic acids is 5. The predicted octanol–water partition coefficient (Wildman–Crippen LogP) is -1.19. The normalized spacial score (nSPS) is 14.3. The molecular weight excluding hydrogens is 516 g/mol. The van der Waals surface area contributed by atoms with Gasteiger partial charge in [-0.05, 0) is 36.2 Å². The number of carboxylic acids is 1. The summed E-state index contributed by atoms with van der Waals surface area (Å²) in [7, 11) is 0. The minimum Gasteiger partial charge on any atom is -0.480 e. The lowest BCUT2D eigenvalue weighted by atomic mass is 10.0. The first-order valence-corrected chi connectivity index (χ1v) is 13.9. The molecule has 0 aliphatic rings. The number of thioether (sulfide) groups is 1. The second-order valence-electron chi connectivity index (χ2n) is 9.97. The predicted molar refractivity (Wildman–Crippen MR) is 145 cm³/mol. The van der Waals surface area contributed by atoms with Crippen LogP contribution in [0.2, 0.25) is 0 Å². The highest BCUT2D eigenvalue weighted by Crippen LogP contribution is 2.07. The van der Waals surface area contributed by atoms with Gasteiger partial charge in [-0.2, -0.15) is 11.8 Å². The van der Waals surface area contributed by atoms with Crippen LogP contribution in [-0.2, 0) is 28.8 Å². The van der Waals surface area contributed by atoms with Gasteiger partial charge >= 0.3 is 5.97 Å². The van der Waals surface area contributed by atoms with Gasteiger partial charge in [0.25, 0.3) is 0 Å². The largest absolute Gasteiger partial charge is 0.480 e. The molecule has 0 bridgehead atoms. The zero-order valence-electron chi connectivity index (χ0n) is 23.3. The molecule has 14 heteroatoms. The number of aliphatic carboxylic acids is 1. The third kappa shape index (κ3) is 13.1. The third-order valence-electron chi connectivity index (χ3n) is 5.58. The van der Waals surface area contributed by atoms with E-state index in [2.05, 4.69) is 26.6 Å². The first-order valence-electron chi connectivity index (χ1n) is 12.5. The number of hydrogen-bond donors (Lipinski definition) is 7. The Balaban J connectivity index is 4.83. The molecule has 0 radical (unpaired) electrons. The van der Waals surface area contributed by atoms with E-state index in [9.17, 15) is 33.9 Å². The molecule has 0 aromatic rings. The summed E-state index contributed by atoms with van der Waals surface area (Å²) in [6, 6.07) is -3.79. The van der Waals surface area contributed by atoms with E-state index in [1.807, 2.05) is 6.26 Å². The Morgan fingerprint density at radius 3 is 1.63 bits per heavy atom. The average molecular weight is 561 g/mol. The van der Waals surface area contributed by atoms with Crippen molar-refractivity contribution < 1.29 is 33.9 Å². The number of carbonyl (C=O) groups is 6. The van der Waals surface area contributed by atoms with Gasteiger partial charge in [0, 0.05) is 0 Å². The summed E-state index contributed by atoms with van der Waals surface area (Å²) in [5.74, 6) is -4.47. The van der Waals surface area contributed by atoms with Crippen LogP contribution in [0.15, 0.2) is 0 Å². The van der Waals surface area contributed by atoms with Crippen molar-refractivity contribution in [3.63, 3.8) is 0 Å². The zero-order valence-corrected chi connectivity index (χ0v) is 24.1. The first kappa shape index (κ1) is 35.1. The fraction of sp³-hybridized carbons (Fsp3) is 0.750. The summed E-state index contributed by atoms with van der Waals surface area (Å²) < 4.78 is 0. The highest BCUT2D eigenvalue weighted by Gasteiger charge is 2.30. The standard InChI is InChI=1S/C24H44N6O7S/c1-12(2)18(29-21(33)15(25)8-9-38-7)22(34)27-10-16(31)26-11-17(32)28-19(13(3)4)23(35)30-20(14(5)6)24(36)37/h12-15,18-20H,8-11,25H2,1-7H3,(H,26,31)(H,27,34)(H,28,32)(H,29,33)(H,30,35)(H,36,37)/t15-,18-,19-,20-/m1/s1. The second-order valence-corrected chi connectivity index (χ2v) is 11.0. The van der Waals surface area contributed by atoms with Gasteiger partial charge in [-0.15, -0.1) is 0 Å². The molecule has 4 atom stereocenters. The Labute approximate surface area is 228 Å². The van der Waals surface area contributed by atoms with Crippen LogP contribution in [-0.4, -0.2) is 89.9 Å². The average Bonchev–Trinajstić information content (AvgIpc) is 2.83. The van der Waals surface area contributed by atoms with Crippen molar-refractivity contribution >= 4 is 47.3 Å². The van der Waals surface area contributed by atoms with Gasteiger partial charge in [0.2, 0.25) is 29.5 Å². The lowest BCUT2D eigenvalue weighted by Gasteiger charge is -2.25. The minimum absolute atomic E-state index is 0.268. The molecule has 0 spiro atoms. The highest BCUT2D eigenvalue weighted by atomic mass is 32.2. The van der Waals surface area contributed by atoms with E-state index in [1.165, 1.54) is 0 Å². The van der Waals surface area contributed by atoms with Crippen LogP contribution in [0.3, 0.4) is 0 Å². The van der Waals surface area contributed by atoms with Crippen molar-refractivity contribution in [1.29, 1.82) is 0 Å². The summed E-state index contributed by atoms with van der Waals surface area (Å²) in [6.07, 6.45) is 2.36. The van der Waals surface area contributed by atoms with Crippen LogP contribution in [0.4, 0.5) is 0 Å². The molecule has 0 aromatic carbocycles. The van der Waals surface area contributed by atoms with Gasteiger partial charge in [-0.3, -0.25) is 24.0 Å². The van der Waals surface area contributed by atoms with Crippen molar-refractivity contribution in [2.75, 3.05) is 25.1 Å². The van der Waals surface area contributed by atoms with Crippen LogP contribution in [0, 0.1) is 17.8 Å². The smallest absolute Gasteiger partial charge is 0.326 e. The van der Waals surface area contributed by atoms with Crippen molar-refractivity contribution in [2.45, 2.75) is 72.1 Å². The number of nitrogens with two attached hydrogens (primary N) is 1. The highest BCUT2D eigenvalue weighted by molar-refractivity contribution is 7.98. The van der Waals surface area contributed by atoms with Crippen LogP contribution < -0.4 is 32.3 Å². The van der Waals surface area contributed by atoms with Gasteiger partial charge in [-0.1, -0.05) is 41.5 Å². The number of amides is 5. The molecule has 0 aliphatic carbocycles. The summed E-state index contributed by atoms with van der Waals surface area (Å²) in [4.78, 5) is 73.3. The summed E-state index contributed by atoms with van der Waals surface area (Å²) in [5.41, 5.74) is 5.85. The van der Waals surface area contributed by atoms with Crippen molar-refractivity contribution in [1.82, 2.24) is 26.6 Å². The van der Waals surface area contributed by atoms with Gasteiger partial charge < -0.3 is 37.4 Å². The molecule has 13 nitrogen and oxygen atoms in total. The van der Waals surface area contributed by atoms with Crippen LogP contribution in [0.25, 0.3) is 0 Å². The zero-order chi connectivity index (χ0) is 29.6. The SMILES string of the molecule is CSCC[C@@H](N)C(=O)N[C@@H](C(=O)NCC(=O)NCC(=O)N[C@@H](C(=O)N[C@@H](C(=O)O)C(C)C)C(C)C)C(C)C. The lowest BCUT2D eigenvalue weighted by Crippen LogP contribution is -2.56. The minimum atomic E-state index is -1.19. The van der Waals surface area contributed by atoms with Crippen molar-refractivity contribution in [2.24, 2.45) is 23.5 Å². The summed E-state index contributed by atoms with van der Waals surface area (Å²) >= 11 is 1.55. The van der Waals surface area contributed by atoms with E-state index in [-0.39, 0.29) is 17.8 Å². The summed E-state index contributed by atoms with van der Waals surface area (Å²) in [6.45, 7) is 9.24. The molecule has 0 fully saturated rings. The van der Waals surface area contributed by atoms with Gasteiger partial charge in [0.05, 0.1) is 19.1 Å². The van der Waals surface area contributed by atoms with Crippen molar-refractivity contribution in [3.05, 3.63) is 0 Å². The molecular formula is C24H44N6O7S. The van der Waals surface area contributed by atoms with Crippen LogP contribution in [0.5, 0.6) is 0 Å². The molecule has 218 valence electrons. The van der Waals surface area contributed by atoms with E-state index in [1.54, 1.807) is 53.3 Å². The maximum absolute atomic E-state index is 12.6. The molecule has 0 aromatic heterocycles. The Bertz CT molecular complexity index is 837. The molecule has 0 rings (SSSR count). The van der Waals surface area contributed by atoms with Crippen LogP contribution in [0.1, 0.15) is 48.0 Å². The number of nitrogens with one attached hydrogen (secondary N) is 5. The fourth-order valence-electron chi connectivity index (χ4n) is 3.21. The number of carboxylic acid groups (broad SMARTS) is 1. The van der Waals surface area contributed by atoms with E-state index >= 15 is 0 Å². The van der Waals surface area contributed by atoms with E-state index < -0.39 is 72.8 Å². The van der Waals surface area contributed by atoms with Gasteiger partial charge in [0.1, 0.15) is 18.1 Å². The van der Waals surface area contributed by atoms with E-state index in [0.717, 1.165) is 0 Å². The molecule has 0 saturated heterocycles. The van der Waals surface area contributed by atoms with E-state index in [0.29, 0.717) is 12.2 Å². The Morgan fingerprint density at radius 2 is 1.16 bits per heavy atom. The van der Waals surface area contributed by atoms with Crippen LogP contribution >= 0.6 is 11.8 Å². The Kier molecular flexibility index (Phi) is 16.3. The molecule has 8 N–H and O–H groups in total. The molecule has 0 saturated carbocycles. The molecule has 5 amide bonds. The fourth-order valence-corrected chi connectivity index (χ4v) is 3.70. The van der Waals surface area contributed by atoms with E-state index in [4.69, 9.17) is 5.73 Å². The number of hydrogen-bond acceptors (Lipinski definition) is 8. The topological polar surface area (TPSA) is 209 Å². The first-order chi connectivity index (χ1) is 17.6. The molecule has 38 heavy (non-hydrogen) atoms. The Hall–Kier alpha value is -2.87. The monoisotopic (exact) mass is 560 g/mol. The van der Waals surface area contributed by atoms with Crippen molar-refractivity contribution in [3.8, 4) is 0 Å². The lowest BCUT2D eigenvalue weighted by molar-refractivity contribution is -0.143. The maximum atomic E-state index is 12.6. The van der Waals surface area contributed by atoms with Gasteiger partial charge in [0.15, 0.2) is 0 Å². The summed E-state index contributed by atoms with van der Waals surface area (Å²) in [5, 5.41) is 21.6. The second kappa shape index (κ2) is 17.6. The molecule has 0 heterocycles. The Morgan fingerprint density at radius 1 is 0.684 bits per heavy atom. The third-order valence-corrected chi connectivity index (χ3v) is 6.23. The maximum Gasteiger partial charge on any atom is 0.326 e. The van der Waals surface area contributed by atoms with Gasteiger partial charge in [-0.25, -0.2) is 4.79 Å². The molecule has 0 unspecified atom stereocenters. The molecule has 0 aliphatic heterocycles. The number of rotatable bonds is 17. The quantitative estimate of drug-likeness (QED) is 0.114.